The summed E-state index contributed by atoms with van der Waals surface area (Å²) in [6, 6.07) is 0. The van der Waals surface area contributed by atoms with Crippen molar-refractivity contribution in [3.63, 3.8) is 0 Å². The summed E-state index contributed by atoms with van der Waals surface area (Å²) in [7, 11) is 0. The molecule has 0 amide bonds. The summed E-state index contributed by atoms with van der Waals surface area (Å²) < 4.78 is 10.2. The van der Waals surface area contributed by atoms with Crippen LogP contribution in [0.4, 0.5) is 0 Å². The zero-order valence-electron chi connectivity index (χ0n) is 5.51. The van der Waals surface area contributed by atoms with Crippen molar-refractivity contribution in [1.29, 1.82) is 0 Å². The zero-order chi connectivity index (χ0) is 6.53. The van der Waals surface area contributed by atoms with Crippen LogP contribution in [0.1, 0.15) is 12.8 Å². The lowest BCUT2D eigenvalue weighted by Crippen LogP contribution is -2.22. The fraction of sp³-hybridized carbons (Fsp3) is 0.714. The second-order valence-corrected chi connectivity index (χ2v) is 2.13. The van der Waals surface area contributed by atoms with Gasteiger partial charge in [-0.05, 0) is 12.8 Å². The van der Waals surface area contributed by atoms with Crippen molar-refractivity contribution in [3.05, 3.63) is 12.7 Å². The van der Waals surface area contributed by atoms with Gasteiger partial charge in [-0.1, -0.05) is 6.08 Å². The van der Waals surface area contributed by atoms with Crippen LogP contribution >= 0.6 is 0 Å². The molecule has 0 bridgehead atoms. The minimum absolute atomic E-state index is 0.358. The Bertz CT molecular complexity index is 84.9. The highest BCUT2D eigenvalue weighted by Gasteiger charge is 2.10. The fourth-order valence-corrected chi connectivity index (χ4v) is 0.873. The molecule has 52 valence electrons. The molecule has 0 N–H and O–H groups in total. The Morgan fingerprint density at radius 1 is 1.67 bits per heavy atom. The Balaban J connectivity index is 2.15. The van der Waals surface area contributed by atoms with Gasteiger partial charge in [-0.25, -0.2) is 0 Å². The molecule has 1 aliphatic rings. The van der Waals surface area contributed by atoms with E-state index in [9.17, 15) is 0 Å². The SMILES string of the molecule is C=CCC1CCOCO1. The molecule has 0 spiro atoms. The molecule has 1 unspecified atom stereocenters. The quantitative estimate of drug-likeness (QED) is 0.522. The maximum Gasteiger partial charge on any atom is 0.147 e. The number of hydrogen-bond donors (Lipinski definition) is 0. The minimum atomic E-state index is 0.358. The average molecular weight is 128 g/mol. The van der Waals surface area contributed by atoms with E-state index in [1.807, 2.05) is 6.08 Å². The fourth-order valence-electron chi connectivity index (χ4n) is 0.873. The summed E-state index contributed by atoms with van der Waals surface area (Å²) >= 11 is 0. The van der Waals surface area contributed by atoms with Crippen molar-refractivity contribution in [3.8, 4) is 0 Å². The van der Waals surface area contributed by atoms with Gasteiger partial charge in [0.25, 0.3) is 0 Å². The van der Waals surface area contributed by atoms with Crippen LogP contribution in [0.2, 0.25) is 0 Å². The van der Waals surface area contributed by atoms with E-state index < -0.39 is 0 Å². The molecule has 0 saturated carbocycles. The summed E-state index contributed by atoms with van der Waals surface area (Å²) in [4.78, 5) is 0. The number of ether oxygens (including phenoxy) is 2. The van der Waals surface area contributed by atoms with E-state index in [0.29, 0.717) is 12.9 Å². The highest BCUT2D eigenvalue weighted by atomic mass is 16.7. The van der Waals surface area contributed by atoms with Gasteiger partial charge in [0.05, 0.1) is 12.7 Å². The predicted molar refractivity (Wildman–Crippen MR) is 35.1 cm³/mol. The molecular formula is C7H12O2. The van der Waals surface area contributed by atoms with Crippen molar-refractivity contribution in [2.75, 3.05) is 13.4 Å². The van der Waals surface area contributed by atoms with Crippen LogP contribution < -0.4 is 0 Å². The third-order valence-electron chi connectivity index (χ3n) is 1.40. The first kappa shape index (κ1) is 6.78. The van der Waals surface area contributed by atoms with Gasteiger partial charge >= 0.3 is 0 Å². The van der Waals surface area contributed by atoms with Gasteiger partial charge in [0, 0.05) is 0 Å². The molecule has 0 aromatic rings. The largest absolute Gasteiger partial charge is 0.355 e. The van der Waals surface area contributed by atoms with Crippen molar-refractivity contribution >= 4 is 0 Å². The van der Waals surface area contributed by atoms with E-state index in [1.165, 1.54) is 0 Å². The maximum atomic E-state index is 5.22. The Morgan fingerprint density at radius 2 is 2.56 bits per heavy atom. The highest BCUT2D eigenvalue weighted by Crippen LogP contribution is 2.09. The van der Waals surface area contributed by atoms with Crippen LogP contribution in [0.25, 0.3) is 0 Å². The monoisotopic (exact) mass is 128 g/mol. The Morgan fingerprint density at radius 3 is 3.11 bits per heavy atom. The third kappa shape index (κ3) is 2.16. The van der Waals surface area contributed by atoms with Crippen LogP contribution in [0.3, 0.4) is 0 Å². The minimum Gasteiger partial charge on any atom is -0.355 e. The molecule has 9 heavy (non-hydrogen) atoms. The Hall–Kier alpha value is -0.340. The van der Waals surface area contributed by atoms with Gasteiger partial charge in [-0.2, -0.15) is 0 Å². The van der Waals surface area contributed by atoms with E-state index in [0.717, 1.165) is 19.4 Å². The van der Waals surface area contributed by atoms with E-state index >= 15 is 0 Å². The molecule has 2 nitrogen and oxygen atoms in total. The molecule has 1 rings (SSSR count). The first-order valence-corrected chi connectivity index (χ1v) is 3.23. The van der Waals surface area contributed by atoms with E-state index in [-0.39, 0.29) is 0 Å². The van der Waals surface area contributed by atoms with E-state index in [2.05, 4.69) is 6.58 Å². The maximum absolute atomic E-state index is 5.22. The molecule has 0 radical (unpaired) electrons. The lowest BCUT2D eigenvalue weighted by Gasteiger charge is -2.21. The molecule has 2 heteroatoms. The van der Waals surface area contributed by atoms with Crippen molar-refractivity contribution in [2.45, 2.75) is 18.9 Å². The van der Waals surface area contributed by atoms with Gasteiger partial charge in [0.2, 0.25) is 0 Å². The van der Waals surface area contributed by atoms with Crippen molar-refractivity contribution in [2.24, 2.45) is 0 Å². The normalized spacial score (nSPS) is 27.8. The standard InChI is InChI=1S/C7H12O2/c1-2-3-7-4-5-8-6-9-7/h2,7H,1,3-6H2. The van der Waals surface area contributed by atoms with Crippen LogP contribution in [-0.2, 0) is 9.47 Å². The molecule has 0 aromatic heterocycles. The van der Waals surface area contributed by atoms with Crippen molar-refractivity contribution in [1.82, 2.24) is 0 Å². The third-order valence-corrected chi connectivity index (χ3v) is 1.40. The first-order valence-electron chi connectivity index (χ1n) is 3.23. The van der Waals surface area contributed by atoms with Gasteiger partial charge in [0.15, 0.2) is 0 Å². The lowest BCUT2D eigenvalue weighted by atomic mass is 10.2. The highest BCUT2D eigenvalue weighted by molar-refractivity contribution is 4.73. The number of hydrogen-bond acceptors (Lipinski definition) is 2. The number of rotatable bonds is 2. The molecule has 1 atom stereocenters. The molecule has 1 aliphatic heterocycles. The predicted octanol–water partition coefficient (Wildman–Crippen LogP) is 1.33. The average Bonchev–Trinajstić information content (AvgIpc) is 1.91. The first-order chi connectivity index (χ1) is 4.43. The van der Waals surface area contributed by atoms with Gasteiger partial charge in [-0.3, -0.25) is 0 Å². The van der Waals surface area contributed by atoms with Gasteiger partial charge in [0.1, 0.15) is 6.79 Å². The Labute approximate surface area is 55.5 Å². The van der Waals surface area contributed by atoms with E-state index in [1.54, 1.807) is 0 Å². The van der Waals surface area contributed by atoms with Crippen LogP contribution in [0.15, 0.2) is 12.7 Å². The second-order valence-electron chi connectivity index (χ2n) is 2.13. The van der Waals surface area contributed by atoms with Crippen molar-refractivity contribution < 1.29 is 9.47 Å². The molecule has 1 fully saturated rings. The lowest BCUT2D eigenvalue weighted by molar-refractivity contribution is -0.137. The smallest absolute Gasteiger partial charge is 0.147 e. The Kier molecular flexibility index (Phi) is 2.74. The van der Waals surface area contributed by atoms with Crippen LogP contribution in [0, 0.1) is 0 Å². The summed E-state index contributed by atoms with van der Waals surface area (Å²) in [6.07, 6.45) is 4.20. The van der Waals surface area contributed by atoms with Gasteiger partial charge < -0.3 is 9.47 Å². The van der Waals surface area contributed by atoms with Crippen LogP contribution in [0.5, 0.6) is 0 Å². The summed E-state index contributed by atoms with van der Waals surface area (Å²) in [5.74, 6) is 0. The van der Waals surface area contributed by atoms with E-state index in [4.69, 9.17) is 9.47 Å². The molecule has 0 aliphatic carbocycles. The molecule has 1 heterocycles. The molecule has 0 aromatic carbocycles. The van der Waals surface area contributed by atoms with Crippen LogP contribution in [-0.4, -0.2) is 19.5 Å². The summed E-state index contributed by atoms with van der Waals surface area (Å²) in [5, 5.41) is 0. The summed E-state index contributed by atoms with van der Waals surface area (Å²) in [6.45, 7) is 4.92. The molecule has 1 saturated heterocycles. The topological polar surface area (TPSA) is 18.5 Å². The molecular weight excluding hydrogens is 116 g/mol. The summed E-state index contributed by atoms with van der Waals surface area (Å²) in [5.41, 5.74) is 0. The van der Waals surface area contributed by atoms with Gasteiger partial charge in [-0.15, -0.1) is 6.58 Å². The zero-order valence-corrected chi connectivity index (χ0v) is 5.51. The second kappa shape index (κ2) is 3.64.